The van der Waals surface area contributed by atoms with E-state index in [2.05, 4.69) is 44.6 Å². The first kappa shape index (κ1) is 29.0. The number of nitrogens with one attached hydrogen (secondary N) is 2. The zero-order chi connectivity index (χ0) is 27.2. The maximum atomic E-state index is 12.8. The topological polar surface area (TPSA) is 116 Å². The van der Waals surface area contributed by atoms with E-state index in [1.807, 2.05) is 62.4 Å². The predicted octanol–water partition coefficient (Wildman–Crippen LogP) is 5.04. The van der Waals surface area contributed by atoms with Crippen LogP contribution in [0.4, 0.5) is 4.79 Å². The lowest BCUT2D eigenvalue weighted by Crippen LogP contribution is -2.35. The Morgan fingerprint density at radius 1 is 0.974 bits per heavy atom. The van der Waals surface area contributed by atoms with E-state index in [1.54, 1.807) is 6.20 Å². The first-order valence-corrected chi connectivity index (χ1v) is 14.2. The van der Waals surface area contributed by atoms with E-state index < -0.39 is 20.1 Å². The quantitative estimate of drug-likeness (QED) is 0.236. The van der Waals surface area contributed by atoms with Crippen molar-refractivity contribution in [3.63, 3.8) is 0 Å². The Morgan fingerprint density at radius 2 is 1.71 bits per heavy atom. The lowest BCUT2D eigenvalue weighted by Gasteiger charge is -2.14. The molecule has 0 aliphatic heterocycles. The molecule has 8 nitrogen and oxygen atoms in total. The second-order valence-electron chi connectivity index (χ2n) is 9.32. The molecule has 200 valence electrons. The second kappa shape index (κ2) is 15.6. The highest BCUT2D eigenvalue weighted by atomic mass is 31.1. The zero-order valence-electron chi connectivity index (χ0n) is 21.9. The SMILES string of the molecule is CC(C)C[C@H](N=[P+]([O-])CNC(=O)OCc1ccccc1)C(=O)NCCCc1ccc(-c2ccccn2)cc1. The van der Waals surface area contributed by atoms with Gasteiger partial charge in [0.2, 0.25) is 5.91 Å². The molecule has 38 heavy (non-hydrogen) atoms. The molecule has 0 fully saturated rings. The summed E-state index contributed by atoms with van der Waals surface area (Å²) in [5.74, 6) is -0.0569. The number of ether oxygens (including phenoxy) is 1. The summed E-state index contributed by atoms with van der Waals surface area (Å²) in [6.45, 7) is 4.58. The highest BCUT2D eigenvalue weighted by Gasteiger charge is 2.22. The number of aromatic nitrogens is 1. The molecule has 2 N–H and O–H groups in total. The Morgan fingerprint density at radius 3 is 2.39 bits per heavy atom. The Kier molecular flexibility index (Phi) is 11.9. The summed E-state index contributed by atoms with van der Waals surface area (Å²) in [4.78, 5) is 41.5. The van der Waals surface area contributed by atoms with Crippen LogP contribution in [0.3, 0.4) is 0 Å². The van der Waals surface area contributed by atoms with Gasteiger partial charge in [0.25, 0.3) is 0 Å². The fourth-order valence-electron chi connectivity index (χ4n) is 3.75. The summed E-state index contributed by atoms with van der Waals surface area (Å²) < 4.78 is 9.33. The molecule has 2 amide bonds. The lowest BCUT2D eigenvalue weighted by atomic mass is 10.0. The van der Waals surface area contributed by atoms with Gasteiger partial charge in [0.1, 0.15) is 6.61 Å². The molecule has 0 aliphatic carbocycles. The normalized spacial score (nSPS) is 12.2. The number of carbonyl (C=O) groups is 2. The number of hydrogen-bond donors (Lipinski definition) is 2. The van der Waals surface area contributed by atoms with Crippen LogP contribution in [0.15, 0.2) is 83.7 Å². The van der Waals surface area contributed by atoms with Crippen LogP contribution in [0.1, 0.15) is 37.8 Å². The predicted molar refractivity (Wildman–Crippen MR) is 148 cm³/mol. The van der Waals surface area contributed by atoms with Crippen LogP contribution >= 0.6 is 7.94 Å². The average molecular weight is 535 g/mol. The maximum Gasteiger partial charge on any atom is 0.410 e. The fourth-order valence-corrected chi connectivity index (χ4v) is 4.61. The van der Waals surface area contributed by atoms with Crippen LogP contribution in [-0.2, 0) is 22.6 Å². The van der Waals surface area contributed by atoms with E-state index in [0.717, 1.165) is 29.7 Å². The first-order chi connectivity index (χ1) is 18.4. The minimum atomic E-state index is -2.16. The molecule has 0 radical (unpaired) electrons. The number of aryl methyl sites for hydroxylation is 1. The number of rotatable bonds is 13. The lowest BCUT2D eigenvalue weighted by molar-refractivity contribution is -0.156. The molecule has 2 aromatic carbocycles. The molecule has 1 unspecified atom stereocenters. The summed E-state index contributed by atoms with van der Waals surface area (Å²) in [5.41, 5.74) is 4.03. The monoisotopic (exact) mass is 534 g/mol. The molecule has 0 saturated heterocycles. The van der Waals surface area contributed by atoms with Crippen LogP contribution in [-0.4, -0.2) is 35.9 Å². The van der Waals surface area contributed by atoms with Crippen molar-refractivity contribution < 1.29 is 19.2 Å². The van der Waals surface area contributed by atoms with Gasteiger partial charge in [-0.2, -0.15) is 0 Å². The van der Waals surface area contributed by atoms with Crippen molar-refractivity contribution in [2.75, 3.05) is 12.8 Å². The number of nitrogens with zero attached hydrogens (tertiary/aromatic N) is 2. The zero-order valence-corrected chi connectivity index (χ0v) is 22.8. The molecule has 1 heterocycles. The Labute approximate surface area is 225 Å². The molecule has 9 heteroatoms. The summed E-state index contributed by atoms with van der Waals surface area (Å²) in [6, 6.07) is 22.6. The minimum Gasteiger partial charge on any atom is -0.611 e. The Bertz CT molecular complexity index is 1170. The number of pyridine rings is 1. The van der Waals surface area contributed by atoms with Gasteiger partial charge >= 0.3 is 6.09 Å². The van der Waals surface area contributed by atoms with Crippen LogP contribution < -0.4 is 15.5 Å². The number of carbonyl (C=O) groups excluding carboxylic acids is 2. The van der Waals surface area contributed by atoms with Crippen molar-refractivity contribution in [1.82, 2.24) is 15.6 Å². The summed E-state index contributed by atoms with van der Waals surface area (Å²) in [5, 5.41) is 5.38. The van der Waals surface area contributed by atoms with Gasteiger partial charge in [0.05, 0.1) is 5.69 Å². The van der Waals surface area contributed by atoms with E-state index in [0.29, 0.717) is 13.0 Å². The Balaban J connectivity index is 1.42. The highest BCUT2D eigenvalue weighted by molar-refractivity contribution is 7.39. The minimum absolute atomic E-state index is 0.118. The third-order valence-corrected chi connectivity index (χ3v) is 6.66. The van der Waals surface area contributed by atoms with Crippen molar-refractivity contribution in [1.29, 1.82) is 0 Å². The van der Waals surface area contributed by atoms with Crippen molar-refractivity contribution in [2.45, 2.75) is 45.8 Å². The van der Waals surface area contributed by atoms with Crippen LogP contribution in [0, 0.1) is 5.92 Å². The van der Waals surface area contributed by atoms with Crippen LogP contribution in [0.2, 0.25) is 0 Å². The third kappa shape index (κ3) is 10.4. The number of hydrogen-bond acceptors (Lipinski definition) is 6. The maximum absolute atomic E-state index is 12.8. The molecule has 0 aliphatic rings. The van der Waals surface area contributed by atoms with Crippen molar-refractivity contribution in [2.24, 2.45) is 10.7 Å². The largest absolute Gasteiger partial charge is 0.611 e. The van der Waals surface area contributed by atoms with Crippen molar-refractivity contribution >= 4 is 19.9 Å². The van der Waals surface area contributed by atoms with E-state index >= 15 is 0 Å². The van der Waals surface area contributed by atoms with Crippen LogP contribution in [0.5, 0.6) is 0 Å². The first-order valence-electron chi connectivity index (χ1n) is 12.8. The highest BCUT2D eigenvalue weighted by Crippen LogP contribution is 2.20. The summed E-state index contributed by atoms with van der Waals surface area (Å²) >= 11 is 0. The molecule has 3 rings (SSSR count). The van der Waals surface area contributed by atoms with E-state index in [9.17, 15) is 14.5 Å². The number of benzene rings is 2. The van der Waals surface area contributed by atoms with Gasteiger partial charge in [-0.1, -0.05) is 79.3 Å². The molecular weight excluding hydrogens is 499 g/mol. The van der Waals surface area contributed by atoms with Gasteiger partial charge in [0, 0.05) is 18.3 Å². The van der Waals surface area contributed by atoms with Crippen molar-refractivity contribution in [3.05, 3.63) is 90.1 Å². The van der Waals surface area contributed by atoms with E-state index in [1.165, 1.54) is 5.56 Å². The molecule has 0 saturated carbocycles. The summed E-state index contributed by atoms with van der Waals surface area (Å²) in [6.07, 6.45) is 2.98. The molecule has 0 spiro atoms. The van der Waals surface area contributed by atoms with Gasteiger partial charge in [-0.3, -0.25) is 15.1 Å². The molecule has 3 aromatic rings. The number of amides is 2. The molecule has 1 aromatic heterocycles. The van der Waals surface area contributed by atoms with Crippen molar-refractivity contribution in [3.8, 4) is 11.3 Å². The second-order valence-corrected chi connectivity index (χ2v) is 10.6. The third-order valence-electron chi connectivity index (χ3n) is 5.69. The van der Waals surface area contributed by atoms with Crippen LogP contribution in [0.25, 0.3) is 11.3 Å². The van der Waals surface area contributed by atoms with E-state index in [4.69, 9.17) is 4.74 Å². The number of alkyl carbamates (subject to hydrolysis) is 1. The molecule has 0 bridgehead atoms. The molecular formula is C29H35N4O4P. The van der Waals surface area contributed by atoms with Gasteiger partial charge < -0.3 is 14.9 Å². The van der Waals surface area contributed by atoms with Gasteiger partial charge in [-0.25, -0.2) is 4.79 Å². The summed E-state index contributed by atoms with van der Waals surface area (Å²) in [7, 11) is -2.16. The van der Waals surface area contributed by atoms with E-state index in [-0.39, 0.29) is 24.7 Å². The van der Waals surface area contributed by atoms with Gasteiger partial charge in [0.15, 0.2) is 20.3 Å². The van der Waals surface area contributed by atoms with Gasteiger partial charge in [-0.05, 0) is 48.4 Å². The van der Waals surface area contributed by atoms with Gasteiger partial charge in [-0.15, -0.1) is 0 Å². The standard InChI is InChI=1S/C29H35N4O4P/c1-22(2)19-27(33-38(36)21-32-29(35)37-20-24-9-4-3-5-10-24)28(34)31-18-8-11-23-13-15-25(16-14-23)26-12-6-7-17-30-26/h3-7,9-10,12-17,22,27H,8,11,18-21H2,1-2H3,(H,31,34)(H,32,35)/t27-/m0/s1. The molecule has 2 atom stereocenters. The smallest absolute Gasteiger partial charge is 0.410 e. The fraction of sp³-hybridized carbons (Fsp3) is 0.345. The Hall–Kier alpha value is -3.61. The average Bonchev–Trinajstić information content (AvgIpc) is 2.93.